The van der Waals surface area contributed by atoms with Crippen LogP contribution in [0, 0.1) is 18.7 Å². The van der Waals surface area contributed by atoms with E-state index in [2.05, 4.69) is 0 Å². The Hall–Kier alpha value is -3.76. The minimum Gasteiger partial charge on any atom is -0.469 e. The molecule has 3 heterocycles. The van der Waals surface area contributed by atoms with Gasteiger partial charge in [0.1, 0.15) is 10.7 Å². The van der Waals surface area contributed by atoms with Gasteiger partial charge in [0.05, 0.1) is 24.2 Å². The van der Waals surface area contributed by atoms with Crippen LogP contribution >= 0.6 is 23.3 Å². The molecule has 0 bridgehead atoms. The van der Waals surface area contributed by atoms with Crippen molar-refractivity contribution < 1.29 is 27.1 Å². The van der Waals surface area contributed by atoms with Crippen LogP contribution in [-0.2, 0) is 15.7 Å². The van der Waals surface area contributed by atoms with E-state index in [4.69, 9.17) is 4.74 Å². The molecule has 6 rings (SSSR count). The van der Waals surface area contributed by atoms with Crippen molar-refractivity contribution in [1.29, 1.82) is 0 Å². The number of fused-ring (bicyclic) bond motifs is 1. The molecule has 1 aliphatic rings. The minimum atomic E-state index is -4.57. The third-order valence-corrected chi connectivity index (χ3v) is 9.20. The molecule has 5 aromatic rings. The SMILES string of the molecule is COC(=O)C1CN(c2cccc(-c3c(-c4ccsc4C(F)(F)F)c4cc(F)ccc4n3Sc3ccc(C)cc3)c2)C1. The first-order valence-electron chi connectivity index (χ1n) is 12.8. The number of rotatable bonds is 6. The molecule has 0 aliphatic carbocycles. The number of anilines is 1. The Kier molecular flexibility index (Phi) is 7.07. The maximum Gasteiger partial charge on any atom is 0.426 e. The van der Waals surface area contributed by atoms with E-state index in [-0.39, 0.29) is 17.5 Å². The van der Waals surface area contributed by atoms with Gasteiger partial charge in [-0.25, -0.2) is 4.39 Å². The van der Waals surface area contributed by atoms with Crippen molar-refractivity contribution in [2.24, 2.45) is 5.92 Å². The van der Waals surface area contributed by atoms with Gasteiger partial charge in [0, 0.05) is 45.7 Å². The van der Waals surface area contributed by atoms with Crippen LogP contribution in [0.1, 0.15) is 10.4 Å². The van der Waals surface area contributed by atoms with Crippen molar-refractivity contribution in [3.05, 3.63) is 94.4 Å². The van der Waals surface area contributed by atoms with Crippen molar-refractivity contribution >= 4 is 45.8 Å². The Balaban J connectivity index is 1.58. The number of carbonyl (C=O) groups excluding carboxylic acids is 1. The molecule has 0 radical (unpaired) electrons. The zero-order valence-electron chi connectivity index (χ0n) is 22.0. The number of esters is 1. The number of ether oxygens (including phenoxy) is 1. The summed E-state index contributed by atoms with van der Waals surface area (Å²) in [4.78, 5) is 14.1. The van der Waals surface area contributed by atoms with Gasteiger partial charge >= 0.3 is 12.1 Å². The highest BCUT2D eigenvalue weighted by Crippen LogP contribution is 2.50. The first-order valence-corrected chi connectivity index (χ1v) is 14.5. The quantitative estimate of drug-likeness (QED) is 0.145. The van der Waals surface area contributed by atoms with Crippen molar-refractivity contribution in [1.82, 2.24) is 3.97 Å². The lowest BCUT2D eigenvalue weighted by Crippen LogP contribution is -2.50. The van der Waals surface area contributed by atoms with Crippen molar-refractivity contribution in [3.63, 3.8) is 0 Å². The van der Waals surface area contributed by atoms with Crippen LogP contribution in [0.25, 0.3) is 33.3 Å². The van der Waals surface area contributed by atoms with Crippen molar-refractivity contribution in [3.8, 4) is 22.4 Å². The molecule has 0 unspecified atom stereocenters. The number of alkyl halides is 3. The summed E-state index contributed by atoms with van der Waals surface area (Å²) in [6.45, 7) is 2.95. The largest absolute Gasteiger partial charge is 0.469 e. The number of carbonyl (C=O) groups is 1. The predicted octanol–water partition coefficient (Wildman–Crippen LogP) is 8.67. The topological polar surface area (TPSA) is 34.5 Å². The molecular weight excluding hydrogens is 572 g/mol. The number of hydrogen-bond acceptors (Lipinski definition) is 5. The molecule has 0 atom stereocenters. The highest BCUT2D eigenvalue weighted by atomic mass is 32.2. The van der Waals surface area contributed by atoms with E-state index in [1.54, 1.807) is 6.07 Å². The standard InChI is InChI=1S/C31H24F4N2O2S2/c1-18-6-9-23(10-7-18)41-37-26-11-8-21(32)15-25(26)27(24-12-13-40-29(24)31(33,34)35)28(37)19-4-3-5-22(14-19)36-16-20(17-36)30(38)39-2/h3-15,20H,16-17H2,1-2H3. The van der Waals surface area contributed by atoms with Crippen LogP contribution < -0.4 is 4.90 Å². The minimum absolute atomic E-state index is 0.0106. The fraction of sp³-hybridized carbons (Fsp3) is 0.194. The third-order valence-electron chi connectivity index (χ3n) is 7.20. The number of nitrogens with zero attached hydrogens (tertiary/aromatic N) is 2. The second-order valence-electron chi connectivity index (χ2n) is 9.92. The predicted molar refractivity (Wildman–Crippen MR) is 156 cm³/mol. The number of hydrogen-bond donors (Lipinski definition) is 0. The molecule has 2 aromatic heterocycles. The zero-order chi connectivity index (χ0) is 28.9. The maximum atomic E-state index is 14.7. The molecule has 41 heavy (non-hydrogen) atoms. The summed E-state index contributed by atoms with van der Waals surface area (Å²) in [7, 11) is 1.36. The van der Waals surface area contributed by atoms with E-state index in [1.807, 2.05) is 64.3 Å². The van der Waals surface area contributed by atoms with E-state index in [0.29, 0.717) is 52.2 Å². The Morgan fingerprint density at radius 1 is 1.02 bits per heavy atom. The van der Waals surface area contributed by atoms with Gasteiger partial charge in [0.25, 0.3) is 0 Å². The first-order chi connectivity index (χ1) is 19.6. The van der Waals surface area contributed by atoms with E-state index in [9.17, 15) is 22.4 Å². The lowest BCUT2D eigenvalue weighted by atomic mass is 9.96. The van der Waals surface area contributed by atoms with Crippen LogP contribution in [-0.4, -0.2) is 30.1 Å². The van der Waals surface area contributed by atoms with Gasteiger partial charge in [-0.15, -0.1) is 11.3 Å². The number of thiophene rings is 1. The number of aryl methyl sites for hydroxylation is 1. The first kappa shape index (κ1) is 27.4. The Morgan fingerprint density at radius 2 is 1.78 bits per heavy atom. The fourth-order valence-electron chi connectivity index (χ4n) is 5.15. The average Bonchev–Trinajstić information content (AvgIpc) is 3.52. The second kappa shape index (κ2) is 10.6. The summed E-state index contributed by atoms with van der Waals surface area (Å²) < 4.78 is 64.0. The summed E-state index contributed by atoms with van der Waals surface area (Å²) in [5, 5.41) is 1.81. The van der Waals surface area contributed by atoms with Gasteiger partial charge in [-0.05, 0) is 72.8 Å². The van der Waals surface area contributed by atoms with Crippen LogP contribution in [0.15, 0.2) is 83.1 Å². The van der Waals surface area contributed by atoms with Gasteiger partial charge in [0.2, 0.25) is 0 Å². The zero-order valence-corrected chi connectivity index (χ0v) is 23.7. The molecule has 10 heteroatoms. The third kappa shape index (κ3) is 5.10. The molecule has 0 amide bonds. The summed E-state index contributed by atoms with van der Waals surface area (Å²) in [6, 6.07) is 21.0. The Labute approximate surface area is 242 Å². The number of benzene rings is 3. The number of aromatic nitrogens is 1. The molecule has 0 spiro atoms. The highest BCUT2D eigenvalue weighted by Gasteiger charge is 2.38. The average molecular weight is 597 g/mol. The van der Waals surface area contributed by atoms with E-state index in [0.717, 1.165) is 16.1 Å². The molecule has 0 N–H and O–H groups in total. The summed E-state index contributed by atoms with van der Waals surface area (Å²) in [5.74, 6) is -1.03. The molecule has 3 aromatic carbocycles. The number of methoxy groups -OCH3 is 1. The van der Waals surface area contributed by atoms with Gasteiger partial charge in [-0.2, -0.15) is 13.2 Å². The molecule has 4 nitrogen and oxygen atoms in total. The van der Waals surface area contributed by atoms with Crippen LogP contribution in [0.4, 0.5) is 23.2 Å². The molecule has 0 saturated carbocycles. The number of halogens is 4. The van der Waals surface area contributed by atoms with Gasteiger partial charge in [0.15, 0.2) is 0 Å². The summed E-state index contributed by atoms with van der Waals surface area (Å²) >= 11 is 1.99. The summed E-state index contributed by atoms with van der Waals surface area (Å²) in [6.07, 6.45) is -4.57. The van der Waals surface area contributed by atoms with E-state index in [1.165, 1.54) is 42.6 Å². The van der Waals surface area contributed by atoms with Crippen LogP contribution in [0.5, 0.6) is 0 Å². The normalized spacial score (nSPS) is 14.0. The lowest BCUT2D eigenvalue weighted by Gasteiger charge is -2.39. The molecule has 1 fully saturated rings. The monoisotopic (exact) mass is 596 g/mol. The van der Waals surface area contributed by atoms with E-state index < -0.39 is 16.9 Å². The van der Waals surface area contributed by atoms with Gasteiger partial charge in [-0.3, -0.25) is 8.77 Å². The molecule has 1 saturated heterocycles. The fourth-order valence-corrected chi connectivity index (χ4v) is 6.93. The van der Waals surface area contributed by atoms with Crippen molar-refractivity contribution in [2.75, 3.05) is 25.1 Å². The second-order valence-corrected chi connectivity index (χ2v) is 11.9. The van der Waals surface area contributed by atoms with Crippen LogP contribution in [0.2, 0.25) is 0 Å². The Morgan fingerprint density at radius 3 is 2.49 bits per heavy atom. The van der Waals surface area contributed by atoms with Gasteiger partial charge in [-0.1, -0.05) is 29.8 Å². The maximum absolute atomic E-state index is 14.7. The van der Waals surface area contributed by atoms with E-state index >= 15 is 0 Å². The molecule has 210 valence electrons. The van der Waals surface area contributed by atoms with Gasteiger partial charge < -0.3 is 9.64 Å². The lowest BCUT2D eigenvalue weighted by molar-refractivity contribution is -0.146. The Bertz CT molecular complexity index is 1750. The molecular formula is C31H24F4N2O2S2. The smallest absolute Gasteiger partial charge is 0.426 e. The summed E-state index contributed by atoms with van der Waals surface area (Å²) in [5.41, 5.74) is 4.05. The highest BCUT2D eigenvalue weighted by molar-refractivity contribution is 7.98. The molecule has 1 aliphatic heterocycles. The van der Waals surface area contributed by atoms with Crippen molar-refractivity contribution in [2.45, 2.75) is 18.0 Å². The van der Waals surface area contributed by atoms with Crippen LogP contribution in [0.3, 0.4) is 0 Å².